The monoisotopic (exact) mass is 381 g/mol. The van der Waals surface area contributed by atoms with Gasteiger partial charge in [0.2, 0.25) is 0 Å². The van der Waals surface area contributed by atoms with Gasteiger partial charge in [-0.2, -0.15) is 0 Å². The minimum atomic E-state index is -0.0945. The summed E-state index contributed by atoms with van der Waals surface area (Å²) < 4.78 is 1.06. The largest absolute Gasteiger partial charge is 0.309 e. The van der Waals surface area contributed by atoms with Gasteiger partial charge in [0.25, 0.3) is 5.91 Å². The van der Waals surface area contributed by atoms with E-state index in [2.05, 4.69) is 9.88 Å². The summed E-state index contributed by atoms with van der Waals surface area (Å²) in [4.78, 5) is 33.2. The molecule has 0 radical (unpaired) electrons. The molecule has 1 aromatic heterocycles. The normalized spacial score (nSPS) is 11.1. The molecule has 0 unspecified atom stereocenters. The first kappa shape index (κ1) is 19.2. The van der Waals surface area contributed by atoms with Gasteiger partial charge in [-0.3, -0.25) is 14.5 Å². The Hall–Kier alpha value is -2.57. The van der Waals surface area contributed by atoms with Gasteiger partial charge in [-0.1, -0.05) is 35.6 Å². The number of benzene rings is 2. The van der Waals surface area contributed by atoms with E-state index in [-0.39, 0.29) is 11.7 Å². The van der Waals surface area contributed by atoms with E-state index in [1.165, 1.54) is 18.3 Å². The third-order valence-electron chi connectivity index (χ3n) is 4.28. The van der Waals surface area contributed by atoms with Crippen molar-refractivity contribution >= 4 is 38.4 Å². The molecular formula is C21H23N3O2S. The van der Waals surface area contributed by atoms with Gasteiger partial charge in [0.05, 0.1) is 10.2 Å². The van der Waals surface area contributed by atoms with Crippen molar-refractivity contribution in [3.05, 3.63) is 59.7 Å². The molecule has 5 nitrogen and oxygen atoms in total. The highest BCUT2D eigenvalue weighted by molar-refractivity contribution is 7.22. The lowest BCUT2D eigenvalue weighted by Crippen LogP contribution is -2.33. The van der Waals surface area contributed by atoms with E-state index in [4.69, 9.17) is 0 Å². The van der Waals surface area contributed by atoms with Crippen molar-refractivity contribution in [3.63, 3.8) is 0 Å². The van der Waals surface area contributed by atoms with Crippen LogP contribution in [0.25, 0.3) is 10.2 Å². The Morgan fingerprint density at radius 3 is 2.26 bits per heavy atom. The fraction of sp³-hybridized carbons (Fsp3) is 0.286. The van der Waals surface area contributed by atoms with Crippen LogP contribution in [0.15, 0.2) is 48.5 Å². The summed E-state index contributed by atoms with van der Waals surface area (Å²) in [6.45, 7) is 2.99. The third-order valence-corrected chi connectivity index (χ3v) is 5.34. The summed E-state index contributed by atoms with van der Waals surface area (Å²) in [7, 11) is 4.04. The second kappa shape index (κ2) is 8.41. The maximum Gasteiger partial charge on any atom is 0.260 e. The molecular weight excluding hydrogens is 358 g/mol. The summed E-state index contributed by atoms with van der Waals surface area (Å²) in [6.07, 6.45) is 0.847. The molecule has 0 saturated heterocycles. The first-order valence-corrected chi connectivity index (χ1v) is 9.70. The van der Waals surface area contributed by atoms with Crippen LogP contribution in [0.3, 0.4) is 0 Å². The highest BCUT2D eigenvalue weighted by Crippen LogP contribution is 2.29. The van der Waals surface area contributed by atoms with Gasteiger partial charge >= 0.3 is 0 Å². The van der Waals surface area contributed by atoms with Crippen LogP contribution in [0.1, 0.15) is 34.1 Å². The molecule has 3 rings (SSSR count). The fourth-order valence-corrected chi connectivity index (χ4v) is 3.80. The predicted molar refractivity (Wildman–Crippen MR) is 111 cm³/mol. The van der Waals surface area contributed by atoms with Gasteiger partial charge in [0.1, 0.15) is 0 Å². The van der Waals surface area contributed by atoms with E-state index in [1.807, 2.05) is 38.4 Å². The van der Waals surface area contributed by atoms with Crippen LogP contribution in [0.5, 0.6) is 0 Å². The number of carbonyl (C=O) groups excluding carboxylic acids is 2. The number of thiazole rings is 1. The molecule has 0 bridgehead atoms. The van der Waals surface area contributed by atoms with Crippen molar-refractivity contribution in [1.82, 2.24) is 9.88 Å². The molecule has 0 aliphatic carbocycles. The summed E-state index contributed by atoms with van der Waals surface area (Å²) in [5.74, 6) is -0.106. The van der Waals surface area contributed by atoms with E-state index >= 15 is 0 Å². The average Bonchev–Trinajstić information content (AvgIpc) is 3.08. The molecule has 27 heavy (non-hydrogen) atoms. The van der Waals surface area contributed by atoms with Crippen LogP contribution in [0, 0.1) is 0 Å². The van der Waals surface area contributed by atoms with E-state index in [0.717, 1.165) is 23.2 Å². The molecule has 0 spiro atoms. The second-order valence-electron chi connectivity index (χ2n) is 6.71. The highest BCUT2D eigenvalue weighted by atomic mass is 32.1. The predicted octanol–water partition coefficient (Wildman–Crippen LogP) is 4.10. The molecule has 3 aromatic rings. The molecule has 140 valence electrons. The number of anilines is 1. The van der Waals surface area contributed by atoms with Gasteiger partial charge in [-0.25, -0.2) is 4.98 Å². The van der Waals surface area contributed by atoms with E-state index in [9.17, 15) is 9.59 Å². The standard InChI is InChI=1S/C21H23N3O2S/c1-15(25)16-9-11-17(12-10-16)20(26)24(14-6-13-23(2)3)21-22-18-7-4-5-8-19(18)27-21/h4-5,7-12H,6,13-14H2,1-3H3. The number of aromatic nitrogens is 1. The number of para-hydroxylation sites is 1. The Morgan fingerprint density at radius 2 is 1.63 bits per heavy atom. The van der Waals surface area contributed by atoms with Crippen LogP contribution in [0.2, 0.25) is 0 Å². The highest BCUT2D eigenvalue weighted by Gasteiger charge is 2.21. The Morgan fingerprint density at radius 1 is 0.963 bits per heavy atom. The molecule has 0 aliphatic heterocycles. The molecule has 1 amide bonds. The lowest BCUT2D eigenvalue weighted by atomic mass is 10.1. The second-order valence-corrected chi connectivity index (χ2v) is 7.72. The molecule has 0 saturated carbocycles. The van der Waals surface area contributed by atoms with Crippen LogP contribution in [0.4, 0.5) is 5.13 Å². The summed E-state index contributed by atoms with van der Waals surface area (Å²) in [6, 6.07) is 14.7. The first-order valence-electron chi connectivity index (χ1n) is 8.89. The Kier molecular flexibility index (Phi) is 5.98. The number of amides is 1. The molecule has 0 N–H and O–H groups in total. The van der Waals surface area contributed by atoms with E-state index in [0.29, 0.717) is 22.8 Å². The summed E-state index contributed by atoms with van der Waals surface area (Å²) >= 11 is 1.52. The van der Waals surface area contributed by atoms with E-state index < -0.39 is 0 Å². The molecule has 1 heterocycles. The van der Waals surface area contributed by atoms with Crippen molar-refractivity contribution in [2.24, 2.45) is 0 Å². The van der Waals surface area contributed by atoms with Gasteiger partial charge in [-0.05, 0) is 58.3 Å². The Balaban J connectivity index is 1.90. The Bertz CT molecular complexity index is 914. The van der Waals surface area contributed by atoms with Crippen LogP contribution in [-0.2, 0) is 0 Å². The van der Waals surface area contributed by atoms with Crippen LogP contribution < -0.4 is 4.90 Å². The minimum absolute atomic E-state index is 0.0111. The molecule has 2 aromatic carbocycles. The average molecular weight is 382 g/mol. The number of hydrogen-bond acceptors (Lipinski definition) is 5. The topological polar surface area (TPSA) is 53.5 Å². The maximum absolute atomic E-state index is 13.2. The summed E-state index contributed by atoms with van der Waals surface area (Å²) in [5, 5.41) is 0.704. The number of nitrogens with zero attached hydrogens (tertiary/aromatic N) is 3. The number of hydrogen-bond donors (Lipinski definition) is 0. The quantitative estimate of drug-likeness (QED) is 0.578. The fourth-order valence-electron chi connectivity index (χ4n) is 2.81. The molecule has 6 heteroatoms. The maximum atomic E-state index is 13.2. The zero-order valence-corrected chi connectivity index (χ0v) is 16.6. The third kappa shape index (κ3) is 4.59. The van der Waals surface area contributed by atoms with Crippen LogP contribution in [-0.4, -0.2) is 48.8 Å². The number of rotatable bonds is 7. The molecule has 0 fully saturated rings. The number of Topliss-reactive ketones (excluding diaryl/α,β-unsaturated/α-hetero) is 1. The van der Waals surface area contributed by atoms with Crippen LogP contribution >= 0.6 is 11.3 Å². The van der Waals surface area contributed by atoms with Gasteiger partial charge in [0.15, 0.2) is 10.9 Å². The van der Waals surface area contributed by atoms with Gasteiger partial charge < -0.3 is 4.90 Å². The lowest BCUT2D eigenvalue weighted by Gasteiger charge is -2.21. The molecule has 0 atom stereocenters. The van der Waals surface area contributed by atoms with Crippen molar-refractivity contribution in [2.45, 2.75) is 13.3 Å². The van der Waals surface area contributed by atoms with Crippen molar-refractivity contribution in [3.8, 4) is 0 Å². The minimum Gasteiger partial charge on any atom is -0.309 e. The van der Waals surface area contributed by atoms with Crippen molar-refractivity contribution in [1.29, 1.82) is 0 Å². The van der Waals surface area contributed by atoms with Gasteiger partial charge in [0, 0.05) is 17.7 Å². The number of fused-ring (bicyclic) bond motifs is 1. The zero-order chi connectivity index (χ0) is 19.4. The molecule has 0 aliphatic rings. The number of carbonyl (C=O) groups is 2. The van der Waals surface area contributed by atoms with Gasteiger partial charge in [-0.15, -0.1) is 0 Å². The summed E-state index contributed by atoms with van der Waals surface area (Å²) in [5.41, 5.74) is 2.06. The van der Waals surface area contributed by atoms with Crippen molar-refractivity contribution < 1.29 is 9.59 Å². The Labute approximate surface area is 163 Å². The number of ketones is 1. The SMILES string of the molecule is CC(=O)c1ccc(C(=O)N(CCCN(C)C)c2nc3ccccc3s2)cc1. The van der Waals surface area contributed by atoms with E-state index in [1.54, 1.807) is 29.2 Å². The first-order chi connectivity index (χ1) is 13.0. The lowest BCUT2D eigenvalue weighted by molar-refractivity contribution is 0.0981. The zero-order valence-electron chi connectivity index (χ0n) is 15.8. The smallest absolute Gasteiger partial charge is 0.260 e. The van der Waals surface area contributed by atoms with Crippen molar-refractivity contribution in [2.75, 3.05) is 32.1 Å².